The van der Waals surface area contributed by atoms with Gasteiger partial charge in [-0.1, -0.05) is 24.3 Å². The number of hydrogen-bond acceptors (Lipinski definition) is 5. The number of Topliss-reactive ketones (excluding diaryl/α,β-unsaturated/α-hetero) is 1. The molecule has 0 unspecified atom stereocenters. The van der Waals surface area contributed by atoms with E-state index >= 15 is 0 Å². The number of alkyl halides is 3. The number of morpholine rings is 1. The van der Waals surface area contributed by atoms with Gasteiger partial charge in [0, 0.05) is 32.3 Å². The number of ketones is 1. The van der Waals surface area contributed by atoms with E-state index in [1.54, 1.807) is 11.8 Å². The molecule has 2 aliphatic heterocycles. The number of aromatic nitrogens is 1. The first-order chi connectivity index (χ1) is 16.6. The van der Waals surface area contributed by atoms with Crippen LogP contribution in [-0.4, -0.2) is 64.9 Å². The monoisotopic (exact) mass is 489 g/mol. The lowest BCUT2D eigenvalue weighted by atomic mass is 9.89. The highest BCUT2D eigenvalue weighted by Crippen LogP contribution is 2.32. The Balaban J connectivity index is 1.29. The van der Waals surface area contributed by atoms with Crippen LogP contribution in [0.5, 0.6) is 0 Å². The van der Waals surface area contributed by atoms with Gasteiger partial charge in [-0.2, -0.15) is 13.2 Å². The minimum Gasteiger partial charge on any atom is -0.363 e. The van der Waals surface area contributed by atoms with E-state index in [2.05, 4.69) is 22.0 Å². The van der Waals surface area contributed by atoms with E-state index in [1.165, 1.54) is 11.6 Å². The maximum atomic E-state index is 12.8. The van der Waals surface area contributed by atoms with Crippen LogP contribution in [-0.2, 0) is 39.9 Å². The van der Waals surface area contributed by atoms with Crippen molar-refractivity contribution in [1.29, 1.82) is 0 Å². The van der Waals surface area contributed by atoms with Crippen LogP contribution in [0.3, 0.4) is 0 Å². The number of halogens is 3. The Hall–Kier alpha value is -2.78. The second kappa shape index (κ2) is 10.5. The van der Waals surface area contributed by atoms with E-state index < -0.39 is 17.3 Å². The number of nitrogens with zero attached hydrogens (tertiary/aromatic N) is 3. The van der Waals surface area contributed by atoms with Gasteiger partial charge in [0.15, 0.2) is 0 Å². The molecule has 1 aromatic carbocycles. The van der Waals surface area contributed by atoms with Crippen molar-refractivity contribution >= 4 is 11.7 Å². The topological polar surface area (TPSA) is 62.7 Å². The first-order valence-corrected chi connectivity index (χ1v) is 11.9. The van der Waals surface area contributed by atoms with Crippen molar-refractivity contribution in [3.63, 3.8) is 0 Å². The van der Waals surface area contributed by atoms with Gasteiger partial charge in [-0.3, -0.25) is 14.6 Å². The van der Waals surface area contributed by atoms with Crippen molar-refractivity contribution in [2.24, 2.45) is 0 Å². The van der Waals surface area contributed by atoms with Gasteiger partial charge in [-0.15, -0.1) is 0 Å². The summed E-state index contributed by atoms with van der Waals surface area (Å²) < 4.78 is 44.4. The van der Waals surface area contributed by atoms with E-state index in [4.69, 9.17) is 4.74 Å². The molecule has 0 radical (unpaired) electrons. The second-order valence-electron chi connectivity index (χ2n) is 9.55. The molecule has 2 aromatic rings. The van der Waals surface area contributed by atoms with Crippen LogP contribution in [0.25, 0.3) is 0 Å². The lowest BCUT2D eigenvalue weighted by molar-refractivity contribution is -0.172. The zero-order valence-electron chi connectivity index (χ0n) is 19.8. The van der Waals surface area contributed by atoms with Crippen molar-refractivity contribution in [1.82, 2.24) is 14.8 Å². The Labute approximate surface area is 203 Å². The van der Waals surface area contributed by atoms with Crippen molar-refractivity contribution < 1.29 is 27.5 Å². The van der Waals surface area contributed by atoms with Gasteiger partial charge >= 0.3 is 6.18 Å². The highest BCUT2D eigenvalue weighted by molar-refractivity contribution is 5.78. The van der Waals surface area contributed by atoms with Crippen LogP contribution in [0.15, 0.2) is 42.6 Å². The minimum absolute atomic E-state index is 0.0242. The van der Waals surface area contributed by atoms with Crippen molar-refractivity contribution in [3.05, 3.63) is 65.0 Å². The Morgan fingerprint density at radius 3 is 2.54 bits per heavy atom. The average Bonchev–Trinajstić information content (AvgIpc) is 2.81. The molecule has 35 heavy (non-hydrogen) atoms. The van der Waals surface area contributed by atoms with E-state index in [-0.39, 0.29) is 24.8 Å². The van der Waals surface area contributed by atoms with Crippen LogP contribution < -0.4 is 0 Å². The van der Waals surface area contributed by atoms with E-state index in [1.807, 2.05) is 12.1 Å². The number of benzene rings is 1. The third kappa shape index (κ3) is 6.67. The van der Waals surface area contributed by atoms with Crippen molar-refractivity contribution in [2.45, 2.75) is 50.9 Å². The standard InChI is InChI=1S/C26H30F3N3O3/c1-19(33)13-21-4-2-3-20(14-21)7-10-31-11-8-25(9-12-31)18-32(24(34)17-35-25)16-23-6-5-22(15-30-23)26(27,28)29/h2-6,14-15H,7-13,16-18H2,1H3. The number of likely N-dealkylation sites (tertiary alicyclic amines) is 1. The number of pyridine rings is 1. The van der Waals surface area contributed by atoms with Crippen LogP contribution in [0.1, 0.15) is 42.1 Å². The zero-order chi connectivity index (χ0) is 25.1. The highest BCUT2D eigenvalue weighted by Gasteiger charge is 2.42. The number of ether oxygens (including phenoxy) is 1. The summed E-state index contributed by atoms with van der Waals surface area (Å²) >= 11 is 0. The summed E-state index contributed by atoms with van der Waals surface area (Å²) in [5.41, 5.74) is 1.43. The molecule has 4 rings (SSSR count). The third-order valence-electron chi connectivity index (χ3n) is 6.77. The summed E-state index contributed by atoms with van der Waals surface area (Å²) in [6, 6.07) is 10.5. The normalized spacial score (nSPS) is 18.7. The number of carbonyl (C=O) groups excluding carboxylic acids is 2. The fraction of sp³-hybridized carbons (Fsp3) is 0.500. The Bertz CT molecular complexity index is 1050. The Morgan fingerprint density at radius 1 is 1.14 bits per heavy atom. The molecule has 0 saturated carbocycles. The molecule has 1 amide bonds. The lowest BCUT2D eigenvalue weighted by Gasteiger charge is -2.47. The van der Waals surface area contributed by atoms with Gasteiger partial charge in [0.05, 0.1) is 29.9 Å². The zero-order valence-corrected chi connectivity index (χ0v) is 19.8. The molecule has 1 aromatic heterocycles. The van der Waals surface area contributed by atoms with Crippen LogP contribution >= 0.6 is 0 Å². The SMILES string of the molecule is CC(=O)Cc1cccc(CCN2CCC3(CC2)CN(Cc2ccc(C(F)(F)F)cn2)C(=O)CO3)c1. The van der Waals surface area contributed by atoms with Gasteiger partial charge in [-0.05, 0) is 49.4 Å². The molecule has 0 atom stereocenters. The number of rotatable bonds is 7. The number of piperidine rings is 1. The lowest BCUT2D eigenvalue weighted by Crippen LogP contribution is -2.58. The Kier molecular flexibility index (Phi) is 7.56. The molecule has 2 saturated heterocycles. The van der Waals surface area contributed by atoms with Crippen LogP contribution in [0.2, 0.25) is 0 Å². The molecule has 0 N–H and O–H groups in total. The molecular weight excluding hydrogens is 459 g/mol. The third-order valence-corrected chi connectivity index (χ3v) is 6.77. The smallest absolute Gasteiger partial charge is 0.363 e. The molecule has 0 aliphatic carbocycles. The quantitative estimate of drug-likeness (QED) is 0.594. The van der Waals surface area contributed by atoms with Gasteiger partial charge in [0.2, 0.25) is 5.91 Å². The molecule has 2 aliphatic rings. The van der Waals surface area contributed by atoms with Gasteiger partial charge in [0.1, 0.15) is 12.4 Å². The molecule has 9 heteroatoms. The molecule has 1 spiro atoms. The minimum atomic E-state index is -4.43. The van der Waals surface area contributed by atoms with Crippen molar-refractivity contribution in [3.8, 4) is 0 Å². The summed E-state index contributed by atoms with van der Waals surface area (Å²) in [5.74, 6) is -0.0252. The molecule has 3 heterocycles. The van der Waals surface area contributed by atoms with Gasteiger partial charge < -0.3 is 14.5 Å². The Morgan fingerprint density at radius 2 is 1.89 bits per heavy atom. The second-order valence-corrected chi connectivity index (χ2v) is 9.55. The number of amides is 1. The van der Waals surface area contributed by atoms with Crippen LogP contribution in [0.4, 0.5) is 13.2 Å². The number of hydrogen-bond donors (Lipinski definition) is 0. The highest BCUT2D eigenvalue weighted by atomic mass is 19.4. The average molecular weight is 490 g/mol. The van der Waals surface area contributed by atoms with Crippen LogP contribution in [0, 0.1) is 0 Å². The van der Waals surface area contributed by atoms with Crippen molar-refractivity contribution in [2.75, 3.05) is 32.8 Å². The number of carbonyl (C=O) groups is 2. The predicted molar refractivity (Wildman–Crippen MR) is 124 cm³/mol. The molecule has 188 valence electrons. The largest absolute Gasteiger partial charge is 0.417 e. The van der Waals surface area contributed by atoms with E-state index in [9.17, 15) is 22.8 Å². The first kappa shape index (κ1) is 25.3. The summed E-state index contributed by atoms with van der Waals surface area (Å²) in [6.45, 7) is 4.73. The van der Waals surface area contributed by atoms with E-state index in [0.717, 1.165) is 56.7 Å². The van der Waals surface area contributed by atoms with E-state index in [0.29, 0.717) is 18.7 Å². The molecular formula is C26H30F3N3O3. The fourth-order valence-electron chi connectivity index (χ4n) is 4.77. The molecule has 6 nitrogen and oxygen atoms in total. The maximum absolute atomic E-state index is 12.8. The molecule has 2 fully saturated rings. The first-order valence-electron chi connectivity index (χ1n) is 11.9. The summed E-state index contributed by atoms with van der Waals surface area (Å²) in [4.78, 5) is 31.8. The maximum Gasteiger partial charge on any atom is 0.417 e. The summed E-state index contributed by atoms with van der Waals surface area (Å²) in [6.07, 6.45) is -0.721. The fourth-order valence-corrected chi connectivity index (χ4v) is 4.77. The summed E-state index contributed by atoms with van der Waals surface area (Å²) in [5, 5.41) is 0. The van der Waals surface area contributed by atoms with Gasteiger partial charge in [-0.25, -0.2) is 0 Å². The molecule has 0 bridgehead atoms. The van der Waals surface area contributed by atoms with Gasteiger partial charge in [0.25, 0.3) is 0 Å². The summed E-state index contributed by atoms with van der Waals surface area (Å²) in [7, 11) is 0. The predicted octanol–water partition coefficient (Wildman–Crippen LogP) is 3.67.